The summed E-state index contributed by atoms with van der Waals surface area (Å²) in [7, 11) is 0. The highest BCUT2D eigenvalue weighted by molar-refractivity contribution is 7.80. The maximum atomic E-state index is 13.4. The third kappa shape index (κ3) is 3.66. The fraction of sp³-hybridized carbons (Fsp3) is 0.333. The monoisotopic (exact) mass is 290 g/mol. The highest BCUT2D eigenvalue weighted by atomic mass is 32.1. The molecule has 1 rings (SSSR count). The van der Waals surface area contributed by atoms with Crippen molar-refractivity contribution < 1.29 is 18.0 Å². The molecule has 0 bridgehead atoms. The molecule has 0 saturated heterocycles. The average molecular weight is 290 g/mol. The molecule has 0 saturated carbocycles. The van der Waals surface area contributed by atoms with Gasteiger partial charge in [0.15, 0.2) is 17.5 Å². The minimum atomic E-state index is -1.64. The van der Waals surface area contributed by atoms with Crippen molar-refractivity contribution in [3.8, 4) is 0 Å². The van der Waals surface area contributed by atoms with Crippen LogP contribution >= 0.6 is 12.2 Å². The van der Waals surface area contributed by atoms with Gasteiger partial charge in [0.05, 0.1) is 16.6 Å². The predicted molar refractivity (Wildman–Crippen MR) is 70.1 cm³/mol. The van der Waals surface area contributed by atoms with Crippen LogP contribution in [0.1, 0.15) is 19.8 Å². The van der Waals surface area contributed by atoms with E-state index < -0.39 is 35.0 Å². The Kier molecular flexibility index (Phi) is 5.29. The standard InChI is InChI=1S/C12H13F3N2OS/c1-2-3-6(11(16)19)12(18)17-8-5-4-7(13)9(14)10(8)15/h4-6H,2-3H2,1H3,(H2,16,19)(H,17,18). The van der Waals surface area contributed by atoms with E-state index in [-0.39, 0.29) is 4.99 Å². The number of nitrogens with two attached hydrogens (primary N) is 1. The van der Waals surface area contributed by atoms with Gasteiger partial charge in [0.25, 0.3) is 0 Å². The van der Waals surface area contributed by atoms with E-state index in [1.54, 1.807) is 0 Å². The van der Waals surface area contributed by atoms with Gasteiger partial charge >= 0.3 is 0 Å². The molecular formula is C12H13F3N2OS. The fourth-order valence-electron chi connectivity index (χ4n) is 1.53. The Morgan fingerprint density at radius 1 is 1.37 bits per heavy atom. The van der Waals surface area contributed by atoms with Crippen molar-refractivity contribution in [2.45, 2.75) is 19.8 Å². The van der Waals surface area contributed by atoms with Gasteiger partial charge in [0.2, 0.25) is 5.91 Å². The van der Waals surface area contributed by atoms with E-state index in [1.807, 2.05) is 6.92 Å². The maximum Gasteiger partial charge on any atom is 0.234 e. The number of carbonyl (C=O) groups is 1. The SMILES string of the molecule is CCCC(C(=O)Nc1ccc(F)c(F)c1F)C(N)=S. The van der Waals surface area contributed by atoms with Crippen molar-refractivity contribution in [3.05, 3.63) is 29.6 Å². The van der Waals surface area contributed by atoms with Crippen LogP contribution in [-0.2, 0) is 4.79 Å². The van der Waals surface area contributed by atoms with Crippen LogP contribution in [0.5, 0.6) is 0 Å². The first-order valence-corrected chi connectivity index (χ1v) is 6.03. The van der Waals surface area contributed by atoms with Crippen LogP contribution < -0.4 is 11.1 Å². The van der Waals surface area contributed by atoms with Gasteiger partial charge in [-0.25, -0.2) is 13.2 Å². The molecule has 0 aliphatic heterocycles. The second-order valence-corrected chi connectivity index (χ2v) is 4.43. The number of hydrogen-bond acceptors (Lipinski definition) is 2. The molecule has 1 unspecified atom stereocenters. The lowest BCUT2D eigenvalue weighted by atomic mass is 10.0. The summed E-state index contributed by atoms with van der Waals surface area (Å²) in [5.74, 6) is -5.83. The van der Waals surface area contributed by atoms with Gasteiger partial charge in [0.1, 0.15) is 0 Å². The zero-order valence-electron chi connectivity index (χ0n) is 10.2. The van der Waals surface area contributed by atoms with Crippen molar-refractivity contribution in [2.24, 2.45) is 11.7 Å². The Balaban J connectivity index is 2.93. The average Bonchev–Trinajstić information content (AvgIpc) is 2.36. The molecule has 0 heterocycles. The van der Waals surface area contributed by atoms with Crippen LogP contribution in [0, 0.1) is 23.4 Å². The first-order chi connectivity index (χ1) is 8.88. The molecule has 7 heteroatoms. The minimum Gasteiger partial charge on any atom is -0.393 e. The molecule has 1 amide bonds. The largest absolute Gasteiger partial charge is 0.393 e. The molecule has 1 atom stereocenters. The minimum absolute atomic E-state index is 0.0256. The first kappa shape index (κ1) is 15.4. The van der Waals surface area contributed by atoms with Crippen molar-refractivity contribution in [1.29, 1.82) is 0 Å². The summed E-state index contributed by atoms with van der Waals surface area (Å²) in [6, 6.07) is 1.66. The van der Waals surface area contributed by atoms with Crippen LogP contribution in [-0.4, -0.2) is 10.9 Å². The molecule has 1 aromatic rings. The summed E-state index contributed by atoms with van der Waals surface area (Å²) < 4.78 is 39.1. The predicted octanol–water partition coefficient (Wildman–Crippen LogP) is 2.74. The lowest BCUT2D eigenvalue weighted by Crippen LogP contribution is -2.33. The van der Waals surface area contributed by atoms with Gasteiger partial charge in [-0.15, -0.1) is 0 Å². The number of halogens is 3. The number of amides is 1. The van der Waals surface area contributed by atoms with Crippen LogP contribution in [0.15, 0.2) is 12.1 Å². The summed E-state index contributed by atoms with van der Waals surface area (Å²) >= 11 is 4.74. The summed E-state index contributed by atoms with van der Waals surface area (Å²) in [4.78, 5) is 11.8. The van der Waals surface area contributed by atoms with E-state index in [0.29, 0.717) is 12.8 Å². The number of anilines is 1. The molecule has 0 spiro atoms. The normalized spacial score (nSPS) is 12.0. The topological polar surface area (TPSA) is 55.1 Å². The molecule has 3 N–H and O–H groups in total. The summed E-state index contributed by atoms with van der Waals surface area (Å²) in [6.45, 7) is 1.83. The zero-order valence-corrected chi connectivity index (χ0v) is 11.0. The van der Waals surface area contributed by atoms with Gasteiger partial charge < -0.3 is 11.1 Å². The lowest BCUT2D eigenvalue weighted by Gasteiger charge is -2.15. The first-order valence-electron chi connectivity index (χ1n) is 5.62. The Morgan fingerprint density at radius 2 is 2.00 bits per heavy atom. The molecule has 19 heavy (non-hydrogen) atoms. The van der Waals surface area contributed by atoms with Gasteiger partial charge in [0, 0.05) is 0 Å². The van der Waals surface area contributed by atoms with Gasteiger partial charge in [-0.1, -0.05) is 25.6 Å². The van der Waals surface area contributed by atoms with E-state index in [4.69, 9.17) is 18.0 Å². The van der Waals surface area contributed by atoms with Gasteiger partial charge in [-0.05, 0) is 18.6 Å². The van der Waals surface area contributed by atoms with E-state index in [9.17, 15) is 18.0 Å². The van der Waals surface area contributed by atoms with E-state index in [0.717, 1.165) is 12.1 Å². The van der Waals surface area contributed by atoms with E-state index in [2.05, 4.69) is 5.32 Å². The number of thiocarbonyl (C=S) groups is 1. The third-order valence-electron chi connectivity index (χ3n) is 2.53. The van der Waals surface area contributed by atoms with Gasteiger partial charge in [-0.2, -0.15) is 0 Å². The number of hydrogen-bond donors (Lipinski definition) is 2. The summed E-state index contributed by atoms with van der Waals surface area (Å²) in [5.41, 5.74) is 4.97. The van der Waals surface area contributed by atoms with Crippen LogP contribution in [0.3, 0.4) is 0 Å². The molecule has 0 aromatic heterocycles. The smallest absolute Gasteiger partial charge is 0.234 e. The second kappa shape index (κ2) is 6.51. The Bertz CT molecular complexity index is 508. The van der Waals surface area contributed by atoms with Crippen molar-refractivity contribution >= 4 is 28.8 Å². The third-order valence-corrected chi connectivity index (χ3v) is 2.81. The lowest BCUT2D eigenvalue weighted by molar-refractivity contribution is -0.118. The van der Waals surface area contributed by atoms with Crippen molar-refractivity contribution in [1.82, 2.24) is 0 Å². The summed E-state index contributed by atoms with van der Waals surface area (Å²) in [6.07, 6.45) is 1.04. The molecule has 0 aliphatic carbocycles. The molecule has 0 radical (unpaired) electrons. The Labute approximate surface area is 114 Å². The maximum absolute atomic E-state index is 13.4. The molecule has 0 fully saturated rings. The number of carbonyl (C=O) groups excluding carboxylic acids is 1. The molecular weight excluding hydrogens is 277 g/mol. The zero-order chi connectivity index (χ0) is 14.6. The number of rotatable bonds is 5. The molecule has 0 aliphatic rings. The van der Waals surface area contributed by atoms with Crippen LogP contribution in [0.25, 0.3) is 0 Å². The Hall–Kier alpha value is -1.63. The van der Waals surface area contributed by atoms with Crippen LogP contribution in [0.2, 0.25) is 0 Å². The van der Waals surface area contributed by atoms with Gasteiger partial charge in [-0.3, -0.25) is 4.79 Å². The highest BCUT2D eigenvalue weighted by Gasteiger charge is 2.22. The molecule has 3 nitrogen and oxygen atoms in total. The summed E-state index contributed by atoms with van der Waals surface area (Å²) in [5, 5.41) is 2.16. The molecule has 1 aromatic carbocycles. The number of nitrogens with one attached hydrogen (secondary N) is 1. The highest BCUT2D eigenvalue weighted by Crippen LogP contribution is 2.21. The Morgan fingerprint density at radius 3 is 2.53 bits per heavy atom. The van der Waals surface area contributed by atoms with E-state index in [1.165, 1.54) is 0 Å². The second-order valence-electron chi connectivity index (χ2n) is 3.96. The van der Waals surface area contributed by atoms with Crippen molar-refractivity contribution in [3.63, 3.8) is 0 Å². The van der Waals surface area contributed by atoms with Crippen molar-refractivity contribution in [2.75, 3.05) is 5.32 Å². The van der Waals surface area contributed by atoms with E-state index >= 15 is 0 Å². The quantitative estimate of drug-likeness (QED) is 0.647. The molecule has 104 valence electrons. The number of benzene rings is 1. The fourth-order valence-corrected chi connectivity index (χ4v) is 1.76. The van der Waals surface area contributed by atoms with Crippen LogP contribution in [0.4, 0.5) is 18.9 Å².